The van der Waals surface area contributed by atoms with Gasteiger partial charge >= 0.3 is 18.0 Å². The van der Waals surface area contributed by atoms with Gasteiger partial charge in [-0.2, -0.15) is 0 Å². The van der Waals surface area contributed by atoms with Crippen LogP contribution in [-0.4, -0.2) is 55.3 Å². The molecule has 2 N–H and O–H groups in total. The summed E-state index contributed by atoms with van der Waals surface area (Å²) in [6, 6.07) is 4.16. The van der Waals surface area contributed by atoms with E-state index in [-0.39, 0.29) is 17.9 Å². The Hall–Kier alpha value is -2.77. The molecule has 2 amide bonds. The first-order chi connectivity index (χ1) is 11.3. The van der Waals surface area contributed by atoms with Gasteiger partial charge in [0.1, 0.15) is 11.3 Å². The van der Waals surface area contributed by atoms with Crippen molar-refractivity contribution in [1.29, 1.82) is 0 Å². The molecule has 2 rings (SSSR count). The zero-order valence-electron chi connectivity index (χ0n) is 13.8. The van der Waals surface area contributed by atoms with Crippen LogP contribution in [0.25, 0.3) is 0 Å². The van der Waals surface area contributed by atoms with Gasteiger partial charge in [0.2, 0.25) is 0 Å². The molecule has 1 aliphatic heterocycles. The maximum absolute atomic E-state index is 12.3. The lowest BCUT2D eigenvalue weighted by Crippen LogP contribution is -2.37. The minimum Gasteiger partial charge on any atom is -0.496 e. The van der Waals surface area contributed by atoms with Crippen LogP contribution in [0, 0.1) is 5.41 Å². The third-order valence-corrected chi connectivity index (χ3v) is 4.13. The van der Waals surface area contributed by atoms with E-state index in [1.807, 2.05) is 0 Å². The second-order valence-electron chi connectivity index (χ2n) is 5.87. The Morgan fingerprint density at radius 3 is 2.54 bits per heavy atom. The lowest BCUT2D eigenvalue weighted by molar-refractivity contribution is -0.146. The molecule has 24 heavy (non-hydrogen) atoms. The first-order valence-corrected chi connectivity index (χ1v) is 7.36. The SMILES string of the molecule is COC(=O)c1ccc(NC(=O)N2CCC(C)(C(=O)O)C2)cc1OC. The topological polar surface area (TPSA) is 105 Å². The Morgan fingerprint density at radius 2 is 2.00 bits per heavy atom. The molecule has 0 spiro atoms. The minimum atomic E-state index is -0.927. The third kappa shape index (κ3) is 3.42. The number of carbonyl (C=O) groups excluding carboxylic acids is 2. The number of esters is 1. The summed E-state index contributed by atoms with van der Waals surface area (Å²) in [5, 5.41) is 11.9. The maximum Gasteiger partial charge on any atom is 0.341 e. The molecular weight excluding hydrogens is 316 g/mol. The van der Waals surface area contributed by atoms with Crippen molar-refractivity contribution in [2.45, 2.75) is 13.3 Å². The van der Waals surface area contributed by atoms with Gasteiger partial charge in [-0.1, -0.05) is 0 Å². The summed E-state index contributed by atoms with van der Waals surface area (Å²) in [6.07, 6.45) is 0.403. The summed E-state index contributed by atoms with van der Waals surface area (Å²) in [6.45, 7) is 2.13. The van der Waals surface area contributed by atoms with Crippen LogP contribution in [0.5, 0.6) is 5.75 Å². The molecule has 0 saturated carbocycles. The van der Waals surface area contributed by atoms with E-state index in [9.17, 15) is 19.5 Å². The quantitative estimate of drug-likeness (QED) is 0.813. The van der Waals surface area contributed by atoms with E-state index >= 15 is 0 Å². The molecule has 1 aliphatic rings. The number of carbonyl (C=O) groups is 3. The van der Waals surface area contributed by atoms with Gasteiger partial charge < -0.3 is 24.8 Å². The van der Waals surface area contributed by atoms with Gasteiger partial charge in [-0.15, -0.1) is 0 Å². The molecule has 1 unspecified atom stereocenters. The van der Waals surface area contributed by atoms with Gasteiger partial charge in [-0.3, -0.25) is 4.79 Å². The number of rotatable bonds is 4. The molecule has 8 nitrogen and oxygen atoms in total. The van der Waals surface area contributed by atoms with Gasteiger partial charge in [0.25, 0.3) is 0 Å². The highest BCUT2D eigenvalue weighted by molar-refractivity contribution is 5.95. The fraction of sp³-hybridized carbons (Fsp3) is 0.438. The smallest absolute Gasteiger partial charge is 0.341 e. The number of urea groups is 1. The molecule has 130 valence electrons. The lowest BCUT2D eigenvalue weighted by Gasteiger charge is -2.20. The molecule has 1 aromatic rings. The average Bonchev–Trinajstić information content (AvgIpc) is 2.98. The van der Waals surface area contributed by atoms with Crippen molar-refractivity contribution in [2.75, 3.05) is 32.6 Å². The number of hydrogen-bond donors (Lipinski definition) is 2. The van der Waals surface area contributed by atoms with Crippen molar-refractivity contribution in [1.82, 2.24) is 4.90 Å². The number of likely N-dealkylation sites (tertiary alicyclic amines) is 1. The van der Waals surface area contributed by atoms with Crippen LogP contribution in [0.15, 0.2) is 18.2 Å². The largest absolute Gasteiger partial charge is 0.496 e. The number of amides is 2. The van der Waals surface area contributed by atoms with Crippen molar-refractivity contribution in [3.63, 3.8) is 0 Å². The monoisotopic (exact) mass is 336 g/mol. The second kappa shape index (κ2) is 6.77. The van der Waals surface area contributed by atoms with Crippen molar-refractivity contribution >= 4 is 23.7 Å². The first kappa shape index (κ1) is 17.6. The highest BCUT2D eigenvalue weighted by atomic mass is 16.5. The summed E-state index contributed by atoms with van der Waals surface area (Å²) < 4.78 is 9.79. The molecule has 0 radical (unpaired) electrons. The predicted octanol–water partition coefficient (Wildman–Crippen LogP) is 1.81. The number of nitrogens with one attached hydrogen (secondary N) is 1. The Kier molecular flexibility index (Phi) is 4.96. The van der Waals surface area contributed by atoms with Crippen molar-refractivity contribution in [2.24, 2.45) is 5.41 Å². The van der Waals surface area contributed by atoms with E-state index in [2.05, 4.69) is 10.1 Å². The normalized spacial score (nSPS) is 19.7. The highest BCUT2D eigenvalue weighted by Gasteiger charge is 2.42. The summed E-state index contributed by atoms with van der Waals surface area (Å²) in [4.78, 5) is 36.6. The molecule has 1 atom stereocenters. The maximum atomic E-state index is 12.3. The van der Waals surface area contributed by atoms with E-state index in [0.717, 1.165) is 0 Å². The van der Waals surface area contributed by atoms with E-state index in [0.29, 0.717) is 18.7 Å². The number of ether oxygens (including phenoxy) is 2. The molecule has 1 fully saturated rings. The summed E-state index contributed by atoms with van der Waals surface area (Å²) in [5.41, 5.74) is -0.241. The minimum absolute atomic E-state index is 0.144. The van der Waals surface area contributed by atoms with Crippen LogP contribution in [0.1, 0.15) is 23.7 Å². The van der Waals surface area contributed by atoms with Crippen LogP contribution < -0.4 is 10.1 Å². The van der Waals surface area contributed by atoms with Gasteiger partial charge in [0.15, 0.2) is 0 Å². The molecule has 0 aliphatic carbocycles. The zero-order valence-corrected chi connectivity index (χ0v) is 13.8. The van der Waals surface area contributed by atoms with Gasteiger partial charge in [-0.05, 0) is 25.5 Å². The molecule has 1 heterocycles. The van der Waals surface area contributed by atoms with Crippen molar-refractivity contribution < 1.29 is 29.0 Å². The number of carboxylic acids is 1. The highest BCUT2D eigenvalue weighted by Crippen LogP contribution is 2.31. The van der Waals surface area contributed by atoms with Crippen LogP contribution in [0.2, 0.25) is 0 Å². The van der Waals surface area contributed by atoms with Crippen LogP contribution in [-0.2, 0) is 9.53 Å². The van der Waals surface area contributed by atoms with Crippen molar-refractivity contribution in [3.05, 3.63) is 23.8 Å². The van der Waals surface area contributed by atoms with Crippen LogP contribution in [0.4, 0.5) is 10.5 Å². The van der Waals surface area contributed by atoms with E-state index in [1.54, 1.807) is 13.0 Å². The number of benzene rings is 1. The number of nitrogens with zero attached hydrogens (tertiary/aromatic N) is 1. The second-order valence-corrected chi connectivity index (χ2v) is 5.87. The number of carboxylic acid groups (broad SMARTS) is 1. The fourth-order valence-corrected chi connectivity index (χ4v) is 2.56. The van der Waals surface area contributed by atoms with E-state index < -0.39 is 23.4 Å². The Bertz CT molecular complexity index is 675. The van der Waals surface area contributed by atoms with Gasteiger partial charge in [0.05, 0.1) is 19.6 Å². The van der Waals surface area contributed by atoms with E-state index in [4.69, 9.17) is 4.74 Å². The Labute approximate surface area is 139 Å². The summed E-state index contributed by atoms with van der Waals surface area (Å²) in [7, 11) is 2.68. The van der Waals surface area contributed by atoms with Gasteiger partial charge in [0, 0.05) is 24.8 Å². The number of methoxy groups -OCH3 is 2. The van der Waals surface area contributed by atoms with E-state index in [1.165, 1.54) is 31.3 Å². The number of anilines is 1. The Balaban J connectivity index is 2.10. The van der Waals surface area contributed by atoms with Crippen LogP contribution in [0.3, 0.4) is 0 Å². The Morgan fingerprint density at radius 1 is 1.29 bits per heavy atom. The summed E-state index contributed by atoms with van der Waals surface area (Å²) >= 11 is 0. The first-order valence-electron chi connectivity index (χ1n) is 7.36. The summed E-state index contributed by atoms with van der Waals surface area (Å²) in [5.74, 6) is -1.18. The van der Waals surface area contributed by atoms with Crippen LogP contribution >= 0.6 is 0 Å². The fourth-order valence-electron chi connectivity index (χ4n) is 2.56. The number of aliphatic carboxylic acids is 1. The van der Waals surface area contributed by atoms with Gasteiger partial charge in [-0.25, -0.2) is 9.59 Å². The third-order valence-electron chi connectivity index (χ3n) is 4.13. The molecule has 0 aromatic heterocycles. The lowest BCUT2D eigenvalue weighted by atomic mass is 9.90. The zero-order chi connectivity index (χ0) is 17.9. The molecular formula is C16H20N2O6. The average molecular weight is 336 g/mol. The number of hydrogen-bond acceptors (Lipinski definition) is 5. The molecule has 8 heteroatoms. The molecule has 1 saturated heterocycles. The molecule has 0 bridgehead atoms. The predicted molar refractivity (Wildman–Crippen MR) is 85.3 cm³/mol. The molecule has 1 aromatic carbocycles. The van der Waals surface area contributed by atoms with Crippen molar-refractivity contribution in [3.8, 4) is 5.75 Å². The standard InChI is InChI=1S/C16H20N2O6/c1-16(14(20)21)6-7-18(9-16)15(22)17-10-4-5-11(13(19)24-3)12(8-10)23-2/h4-5,8H,6-7,9H2,1-3H3,(H,17,22)(H,20,21).